The van der Waals surface area contributed by atoms with Gasteiger partial charge in [0, 0.05) is 14.7 Å². The maximum Gasteiger partial charge on any atom is 0.259 e. The molecule has 0 unspecified atom stereocenters. The van der Waals surface area contributed by atoms with E-state index in [1.807, 2.05) is 73.0 Å². The molecule has 0 spiro atoms. The monoisotopic (exact) mass is 381 g/mol. The molecule has 0 aliphatic carbocycles. The largest absolute Gasteiger partial charge is 0.496 e. The third kappa shape index (κ3) is 4.42. The Morgan fingerprint density at radius 1 is 0.923 bits per heavy atom. The fourth-order valence-corrected chi connectivity index (χ4v) is 3.80. The van der Waals surface area contributed by atoms with Gasteiger partial charge in [0.05, 0.1) is 18.4 Å². The van der Waals surface area contributed by atoms with Gasteiger partial charge in [-0.1, -0.05) is 42.1 Å². The SMILES string of the molecule is COc1cc(SC)ccc1C(=O)Nc1ccccc1Sc1ccccc1. The Morgan fingerprint density at radius 2 is 1.65 bits per heavy atom. The van der Waals surface area contributed by atoms with Gasteiger partial charge in [-0.25, -0.2) is 0 Å². The van der Waals surface area contributed by atoms with Crippen LogP contribution in [0, 0.1) is 0 Å². The first-order valence-corrected chi connectivity index (χ1v) is 10.1. The van der Waals surface area contributed by atoms with Crippen LogP contribution in [-0.4, -0.2) is 19.3 Å². The molecule has 26 heavy (non-hydrogen) atoms. The lowest BCUT2D eigenvalue weighted by Gasteiger charge is -2.13. The first-order valence-electron chi connectivity index (χ1n) is 8.06. The number of amides is 1. The van der Waals surface area contributed by atoms with E-state index < -0.39 is 0 Å². The average Bonchev–Trinajstić information content (AvgIpc) is 2.69. The zero-order valence-electron chi connectivity index (χ0n) is 14.6. The predicted molar refractivity (Wildman–Crippen MR) is 110 cm³/mol. The van der Waals surface area contributed by atoms with Crippen molar-refractivity contribution in [2.45, 2.75) is 14.7 Å². The lowest BCUT2D eigenvalue weighted by molar-refractivity contribution is 0.102. The molecule has 1 N–H and O–H groups in total. The second-order valence-corrected chi connectivity index (χ2v) is 7.43. The summed E-state index contributed by atoms with van der Waals surface area (Å²) in [6, 6.07) is 23.5. The van der Waals surface area contributed by atoms with Crippen LogP contribution in [0.3, 0.4) is 0 Å². The number of nitrogens with one attached hydrogen (secondary N) is 1. The van der Waals surface area contributed by atoms with Crippen molar-refractivity contribution >= 4 is 35.1 Å². The molecule has 0 heterocycles. The number of ether oxygens (including phenoxy) is 1. The first-order chi connectivity index (χ1) is 12.7. The fourth-order valence-electron chi connectivity index (χ4n) is 2.45. The molecule has 0 fully saturated rings. The van der Waals surface area contributed by atoms with Gasteiger partial charge in [0.15, 0.2) is 0 Å². The molecule has 0 aliphatic heterocycles. The molecule has 0 bridgehead atoms. The third-order valence-corrected chi connectivity index (χ3v) is 5.57. The zero-order chi connectivity index (χ0) is 18.4. The highest BCUT2D eigenvalue weighted by molar-refractivity contribution is 7.99. The van der Waals surface area contributed by atoms with E-state index in [4.69, 9.17) is 4.74 Å². The Balaban J connectivity index is 1.84. The minimum Gasteiger partial charge on any atom is -0.496 e. The third-order valence-electron chi connectivity index (χ3n) is 3.76. The van der Waals surface area contributed by atoms with Gasteiger partial charge in [0.2, 0.25) is 0 Å². The molecule has 3 aromatic rings. The van der Waals surface area contributed by atoms with Crippen molar-refractivity contribution in [2.75, 3.05) is 18.7 Å². The van der Waals surface area contributed by atoms with Gasteiger partial charge in [-0.3, -0.25) is 4.79 Å². The highest BCUT2D eigenvalue weighted by Crippen LogP contribution is 2.34. The summed E-state index contributed by atoms with van der Waals surface area (Å²) < 4.78 is 5.39. The van der Waals surface area contributed by atoms with Gasteiger partial charge in [-0.15, -0.1) is 11.8 Å². The van der Waals surface area contributed by atoms with Crippen LogP contribution in [0.1, 0.15) is 10.4 Å². The van der Waals surface area contributed by atoms with Crippen LogP contribution >= 0.6 is 23.5 Å². The molecule has 3 rings (SSSR count). The summed E-state index contributed by atoms with van der Waals surface area (Å²) in [4.78, 5) is 16.0. The fraction of sp³-hybridized carbons (Fsp3) is 0.0952. The lowest BCUT2D eigenvalue weighted by atomic mass is 10.2. The topological polar surface area (TPSA) is 38.3 Å². The van der Waals surface area contributed by atoms with E-state index >= 15 is 0 Å². The average molecular weight is 382 g/mol. The molecule has 3 nitrogen and oxygen atoms in total. The molecule has 3 aromatic carbocycles. The van der Waals surface area contributed by atoms with E-state index in [0.717, 1.165) is 20.4 Å². The highest BCUT2D eigenvalue weighted by atomic mass is 32.2. The Bertz CT molecular complexity index is 898. The highest BCUT2D eigenvalue weighted by Gasteiger charge is 2.15. The molecule has 0 saturated carbocycles. The molecule has 0 saturated heterocycles. The van der Waals surface area contributed by atoms with E-state index in [2.05, 4.69) is 5.32 Å². The maximum absolute atomic E-state index is 12.8. The number of anilines is 1. The smallest absolute Gasteiger partial charge is 0.259 e. The Kier molecular flexibility index (Phi) is 6.26. The Hall–Kier alpha value is -2.37. The Morgan fingerprint density at radius 3 is 2.38 bits per heavy atom. The van der Waals surface area contributed by atoms with Crippen LogP contribution in [0.25, 0.3) is 0 Å². The van der Waals surface area contributed by atoms with Crippen molar-refractivity contribution in [3.05, 3.63) is 78.4 Å². The molecule has 0 aromatic heterocycles. The van der Waals surface area contributed by atoms with Gasteiger partial charge in [0.1, 0.15) is 5.75 Å². The number of thioether (sulfide) groups is 1. The van der Waals surface area contributed by atoms with E-state index in [1.54, 1.807) is 36.7 Å². The molecule has 0 radical (unpaired) electrons. The number of carbonyl (C=O) groups excluding carboxylic acids is 1. The zero-order valence-corrected chi connectivity index (χ0v) is 16.2. The number of benzene rings is 3. The van der Waals surface area contributed by atoms with Crippen molar-refractivity contribution in [2.24, 2.45) is 0 Å². The summed E-state index contributed by atoms with van der Waals surface area (Å²) in [7, 11) is 1.58. The van der Waals surface area contributed by atoms with Crippen molar-refractivity contribution in [1.82, 2.24) is 0 Å². The number of rotatable bonds is 6. The molecule has 5 heteroatoms. The second kappa shape index (κ2) is 8.83. The van der Waals surface area contributed by atoms with Crippen LogP contribution < -0.4 is 10.1 Å². The van der Waals surface area contributed by atoms with Gasteiger partial charge >= 0.3 is 0 Å². The molecule has 1 amide bonds. The van der Waals surface area contributed by atoms with Crippen LogP contribution in [0.5, 0.6) is 5.75 Å². The van der Waals surface area contributed by atoms with Gasteiger partial charge in [-0.2, -0.15) is 0 Å². The maximum atomic E-state index is 12.8. The summed E-state index contributed by atoms with van der Waals surface area (Å²) in [5, 5.41) is 3.01. The molecular weight excluding hydrogens is 362 g/mol. The van der Waals surface area contributed by atoms with Gasteiger partial charge in [-0.05, 0) is 48.7 Å². The molecule has 0 aliphatic rings. The number of para-hydroxylation sites is 1. The lowest BCUT2D eigenvalue weighted by Crippen LogP contribution is -2.13. The summed E-state index contributed by atoms with van der Waals surface area (Å²) in [6.45, 7) is 0. The summed E-state index contributed by atoms with van der Waals surface area (Å²) in [5.41, 5.74) is 1.30. The second-order valence-electron chi connectivity index (χ2n) is 5.43. The number of hydrogen-bond acceptors (Lipinski definition) is 4. The van der Waals surface area contributed by atoms with Gasteiger partial charge in [0.25, 0.3) is 5.91 Å². The molecule has 0 atom stereocenters. The first kappa shape index (κ1) is 18.4. The van der Waals surface area contributed by atoms with Crippen molar-refractivity contribution in [3.63, 3.8) is 0 Å². The van der Waals surface area contributed by atoms with Crippen LogP contribution in [-0.2, 0) is 0 Å². The van der Waals surface area contributed by atoms with Gasteiger partial charge < -0.3 is 10.1 Å². The normalized spacial score (nSPS) is 10.4. The quantitative estimate of drug-likeness (QED) is 0.546. The van der Waals surface area contributed by atoms with E-state index in [-0.39, 0.29) is 5.91 Å². The summed E-state index contributed by atoms with van der Waals surface area (Å²) in [6.07, 6.45) is 1.99. The molecular formula is C21H19NO2S2. The summed E-state index contributed by atoms with van der Waals surface area (Å²) in [5.74, 6) is 0.387. The minimum atomic E-state index is -0.185. The van der Waals surface area contributed by atoms with E-state index in [0.29, 0.717) is 11.3 Å². The van der Waals surface area contributed by atoms with Crippen molar-refractivity contribution in [1.29, 1.82) is 0 Å². The standard InChI is InChI=1S/C21H19NO2S2/c1-24-19-14-16(25-2)12-13-17(19)21(23)22-18-10-6-7-11-20(18)26-15-8-4-3-5-9-15/h3-14H,1-2H3,(H,22,23). The van der Waals surface area contributed by atoms with Crippen molar-refractivity contribution < 1.29 is 9.53 Å². The minimum absolute atomic E-state index is 0.185. The number of carbonyl (C=O) groups is 1. The van der Waals surface area contributed by atoms with E-state index in [9.17, 15) is 4.79 Å². The predicted octanol–water partition coefficient (Wildman–Crippen LogP) is 5.82. The molecule has 132 valence electrons. The van der Waals surface area contributed by atoms with Crippen molar-refractivity contribution in [3.8, 4) is 5.75 Å². The number of hydrogen-bond donors (Lipinski definition) is 1. The van der Waals surface area contributed by atoms with E-state index in [1.165, 1.54) is 0 Å². The van der Waals surface area contributed by atoms with Crippen LogP contribution in [0.15, 0.2) is 87.5 Å². The Labute approximate surface area is 162 Å². The summed E-state index contributed by atoms with van der Waals surface area (Å²) >= 11 is 3.23. The number of methoxy groups -OCH3 is 1. The van der Waals surface area contributed by atoms with Crippen LogP contribution in [0.4, 0.5) is 5.69 Å². The van der Waals surface area contributed by atoms with Crippen LogP contribution in [0.2, 0.25) is 0 Å².